The molecule has 0 unspecified atom stereocenters. The number of amides is 1. The molecule has 3 aromatic rings. The van der Waals surface area contributed by atoms with Crippen LogP contribution in [-0.4, -0.2) is 28.2 Å². The normalized spacial score (nSPS) is 16.6. The molecule has 5 heteroatoms. The Bertz CT molecular complexity index is 1010. The zero-order valence-corrected chi connectivity index (χ0v) is 15.9. The van der Waals surface area contributed by atoms with E-state index in [1.807, 2.05) is 66.0 Å². The van der Waals surface area contributed by atoms with E-state index in [1.54, 1.807) is 17.0 Å². The Morgan fingerprint density at radius 2 is 1.64 bits per heavy atom. The number of carbonyl (C=O) groups excluding carboxylic acids is 2. The molecule has 0 fully saturated rings. The van der Waals surface area contributed by atoms with Gasteiger partial charge in [-0.15, -0.1) is 11.3 Å². The average molecular weight is 389 g/mol. The van der Waals surface area contributed by atoms with Crippen molar-refractivity contribution in [3.05, 3.63) is 106 Å². The van der Waals surface area contributed by atoms with Gasteiger partial charge in [-0.2, -0.15) is 0 Å². The van der Waals surface area contributed by atoms with Gasteiger partial charge in [-0.05, 0) is 29.0 Å². The van der Waals surface area contributed by atoms with Crippen LogP contribution in [-0.2, 0) is 11.2 Å². The van der Waals surface area contributed by atoms with Gasteiger partial charge in [-0.3, -0.25) is 9.59 Å². The lowest BCUT2D eigenvalue weighted by Gasteiger charge is -2.26. The van der Waals surface area contributed by atoms with Gasteiger partial charge in [0.1, 0.15) is 0 Å². The number of thiophene rings is 1. The molecular formula is C23H19NO3S. The fourth-order valence-electron chi connectivity index (χ4n) is 3.53. The molecule has 1 aliphatic heterocycles. The van der Waals surface area contributed by atoms with Crippen molar-refractivity contribution in [3.8, 4) is 0 Å². The quantitative estimate of drug-likeness (QED) is 0.629. The van der Waals surface area contributed by atoms with Gasteiger partial charge in [0.05, 0.1) is 16.5 Å². The SMILES string of the molecule is O=C(C1=C(O)C(=O)N(CCc2ccccc2)[C@H]1c1ccccc1)c1cccs1. The molecule has 1 aromatic heterocycles. The smallest absolute Gasteiger partial charge is 0.290 e. The van der Waals surface area contributed by atoms with E-state index >= 15 is 0 Å². The van der Waals surface area contributed by atoms with Crippen LogP contribution in [0.25, 0.3) is 0 Å². The van der Waals surface area contributed by atoms with Gasteiger partial charge < -0.3 is 10.0 Å². The Kier molecular flexibility index (Phi) is 5.08. The van der Waals surface area contributed by atoms with Gasteiger partial charge in [0.25, 0.3) is 5.91 Å². The maximum absolute atomic E-state index is 13.1. The van der Waals surface area contributed by atoms with Crippen molar-refractivity contribution < 1.29 is 14.7 Å². The van der Waals surface area contributed by atoms with Crippen molar-refractivity contribution in [2.75, 3.05) is 6.54 Å². The Morgan fingerprint density at radius 1 is 0.964 bits per heavy atom. The van der Waals surface area contributed by atoms with Gasteiger partial charge >= 0.3 is 0 Å². The van der Waals surface area contributed by atoms with Crippen molar-refractivity contribution in [2.45, 2.75) is 12.5 Å². The number of Topliss-reactive ketones (excluding diaryl/α,β-unsaturated/α-hetero) is 1. The number of ketones is 1. The fraction of sp³-hybridized carbons (Fsp3) is 0.130. The zero-order valence-electron chi connectivity index (χ0n) is 15.1. The molecule has 140 valence electrons. The lowest BCUT2D eigenvalue weighted by atomic mass is 9.95. The summed E-state index contributed by atoms with van der Waals surface area (Å²) in [6.07, 6.45) is 0.643. The summed E-state index contributed by atoms with van der Waals surface area (Å²) in [5.74, 6) is -1.23. The Hall–Kier alpha value is -3.18. The van der Waals surface area contributed by atoms with E-state index in [0.29, 0.717) is 17.8 Å². The minimum atomic E-state index is -0.591. The minimum Gasteiger partial charge on any atom is -0.503 e. The maximum atomic E-state index is 13.1. The highest BCUT2D eigenvalue weighted by Crippen LogP contribution is 2.39. The molecule has 1 aliphatic rings. The second kappa shape index (κ2) is 7.82. The number of hydrogen-bond acceptors (Lipinski definition) is 4. The maximum Gasteiger partial charge on any atom is 0.290 e. The van der Waals surface area contributed by atoms with Gasteiger partial charge in [0, 0.05) is 6.54 Å². The molecule has 0 saturated carbocycles. The van der Waals surface area contributed by atoms with Gasteiger partial charge in [0.2, 0.25) is 5.78 Å². The average Bonchev–Trinajstić information content (AvgIpc) is 3.36. The number of carbonyl (C=O) groups is 2. The van der Waals surface area contributed by atoms with Crippen molar-refractivity contribution in [3.63, 3.8) is 0 Å². The summed E-state index contributed by atoms with van der Waals surface area (Å²) in [5, 5.41) is 12.4. The third kappa shape index (κ3) is 3.37. The van der Waals surface area contributed by atoms with Gasteiger partial charge in [0.15, 0.2) is 5.76 Å². The summed E-state index contributed by atoms with van der Waals surface area (Å²) in [4.78, 5) is 28.1. The first-order valence-corrected chi connectivity index (χ1v) is 9.96. The Balaban J connectivity index is 1.70. The summed E-state index contributed by atoms with van der Waals surface area (Å²) >= 11 is 1.31. The van der Waals surface area contributed by atoms with Crippen LogP contribution in [0.15, 0.2) is 89.5 Å². The van der Waals surface area contributed by atoms with Crippen LogP contribution in [0, 0.1) is 0 Å². The highest BCUT2D eigenvalue weighted by molar-refractivity contribution is 7.12. The third-order valence-corrected chi connectivity index (χ3v) is 5.76. The standard InChI is InChI=1S/C23H19NO3S/c25-21(18-12-7-15-28-18)19-20(17-10-5-2-6-11-17)24(23(27)22(19)26)14-13-16-8-3-1-4-9-16/h1-12,15,20,26H,13-14H2/t20-/m0/s1. The highest BCUT2D eigenvalue weighted by Gasteiger charge is 2.43. The highest BCUT2D eigenvalue weighted by atomic mass is 32.1. The van der Waals surface area contributed by atoms with Crippen molar-refractivity contribution in [1.82, 2.24) is 4.90 Å². The minimum absolute atomic E-state index is 0.159. The predicted octanol–water partition coefficient (Wildman–Crippen LogP) is 4.57. The molecule has 1 amide bonds. The Morgan fingerprint density at radius 3 is 2.29 bits per heavy atom. The molecule has 2 aromatic carbocycles. The largest absolute Gasteiger partial charge is 0.503 e. The first kappa shape index (κ1) is 18.2. The fourth-order valence-corrected chi connectivity index (χ4v) is 4.21. The van der Waals surface area contributed by atoms with Crippen LogP contribution >= 0.6 is 11.3 Å². The topological polar surface area (TPSA) is 57.6 Å². The van der Waals surface area contributed by atoms with Crippen LogP contribution < -0.4 is 0 Å². The van der Waals surface area contributed by atoms with E-state index < -0.39 is 17.7 Å². The first-order chi connectivity index (χ1) is 13.7. The second-order valence-corrected chi connectivity index (χ2v) is 7.56. The number of rotatable bonds is 6. The Labute approximate surface area is 167 Å². The molecule has 4 nitrogen and oxygen atoms in total. The van der Waals surface area contributed by atoms with Crippen molar-refractivity contribution in [1.29, 1.82) is 0 Å². The number of hydrogen-bond donors (Lipinski definition) is 1. The number of nitrogens with zero attached hydrogens (tertiary/aromatic N) is 1. The molecule has 0 aliphatic carbocycles. The number of aliphatic hydroxyl groups is 1. The molecular weight excluding hydrogens is 370 g/mol. The molecule has 0 bridgehead atoms. The van der Waals surface area contributed by atoms with Crippen molar-refractivity contribution in [2.24, 2.45) is 0 Å². The van der Waals surface area contributed by atoms with Crippen LogP contribution in [0.5, 0.6) is 0 Å². The monoisotopic (exact) mass is 389 g/mol. The van der Waals surface area contributed by atoms with E-state index in [-0.39, 0.29) is 11.4 Å². The molecule has 4 rings (SSSR count). The van der Waals surface area contributed by atoms with Gasteiger partial charge in [-0.1, -0.05) is 66.7 Å². The molecule has 0 saturated heterocycles. The summed E-state index contributed by atoms with van der Waals surface area (Å²) in [6.45, 7) is 0.410. The van der Waals surface area contributed by atoms with E-state index in [1.165, 1.54) is 11.3 Å². The van der Waals surface area contributed by atoms with Crippen LogP contribution in [0.4, 0.5) is 0 Å². The number of benzene rings is 2. The predicted molar refractivity (Wildman–Crippen MR) is 109 cm³/mol. The summed E-state index contributed by atoms with van der Waals surface area (Å²) in [6, 6.07) is 22.2. The molecule has 0 radical (unpaired) electrons. The molecule has 28 heavy (non-hydrogen) atoms. The van der Waals surface area contributed by atoms with E-state index in [0.717, 1.165) is 11.1 Å². The summed E-state index contributed by atoms with van der Waals surface area (Å²) in [7, 11) is 0. The van der Waals surface area contributed by atoms with Crippen LogP contribution in [0.2, 0.25) is 0 Å². The van der Waals surface area contributed by atoms with Crippen LogP contribution in [0.1, 0.15) is 26.8 Å². The molecule has 0 spiro atoms. The zero-order chi connectivity index (χ0) is 19.5. The van der Waals surface area contributed by atoms with Crippen LogP contribution in [0.3, 0.4) is 0 Å². The summed E-state index contributed by atoms with van der Waals surface area (Å²) in [5.41, 5.74) is 2.07. The van der Waals surface area contributed by atoms with E-state index in [4.69, 9.17) is 0 Å². The molecule has 1 N–H and O–H groups in total. The first-order valence-electron chi connectivity index (χ1n) is 9.08. The second-order valence-electron chi connectivity index (χ2n) is 6.62. The molecule has 2 heterocycles. The third-order valence-electron chi connectivity index (χ3n) is 4.89. The number of aliphatic hydroxyl groups excluding tert-OH is 1. The van der Waals surface area contributed by atoms with E-state index in [2.05, 4.69) is 0 Å². The van der Waals surface area contributed by atoms with Crippen molar-refractivity contribution >= 4 is 23.0 Å². The summed E-state index contributed by atoms with van der Waals surface area (Å²) < 4.78 is 0. The lowest BCUT2D eigenvalue weighted by Crippen LogP contribution is -2.33. The molecule has 1 atom stereocenters. The lowest BCUT2D eigenvalue weighted by molar-refractivity contribution is -0.129. The van der Waals surface area contributed by atoms with Gasteiger partial charge in [-0.25, -0.2) is 0 Å². The van der Waals surface area contributed by atoms with E-state index in [9.17, 15) is 14.7 Å².